The number of rotatable bonds is 3. The number of aliphatic imine (C=N–C) groups is 1. The van der Waals surface area contributed by atoms with Gasteiger partial charge in [-0.3, -0.25) is 0 Å². The predicted octanol–water partition coefficient (Wildman–Crippen LogP) is 10.1. The maximum absolute atomic E-state index is 12.9. The van der Waals surface area contributed by atoms with Crippen LogP contribution in [-0.2, 0) is 16.5 Å². The second-order valence-electron chi connectivity index (χ2n) is 10.6. The Bertz CT molecular complexity index is 1120. The third kappa shape index (κ3) is 15.4. The fourth-order valence-corrected chi connectivity index (χ4v) is 2.59. The van der Waals surface area contributed by atoms with Gasteiger partial charge < -0.3 is 20.0 Å². The van der Waals surface area contributed by atoms with E-state index in [2.05, 4.69) is 20.0 Å². The molecule has 2 rings (SSSR count). The first-order chi connectivity index (χ1) is 17.5. The van der Waals surface area contributed by atoms with Gasteiger partial charge in [-0.05, 0) is 37.9 Å². The minimum Gasteiger partial charge on any atom is -0.614 e. The molecule has 222 valence electrons. The molecular weight excluding hydrogens is 577 g/mol. The van der Waals surface area contributed by atoms with E-state index in [-0.39, 0.29) is 38.8 Å². The van der Waals surface area contributed by atoms with Crippen molar-refractivity contribution >= 4 is 11.5 Å². The second-order valence-corrected chi connectivity index (χ2v) is 10.6. The van der Waals surface area contributed by atoms with Crippen molar-refractivity contribution in [1.29, 1.82) is 0 Å². The summed E-state index contributed by atoms with van der Waals surface area (Å²) >= 11 is 0. The molecule has 0 aliphatic heterocycles. The summed E-state index contributed by atoms with van der Waals surface area (Å²) in [5.74, 6) is -0.657. The van der Waals surface area contributed by atoms with Crippen molar-refractivity contribution in [3.05, 3.63) is 98.9 Å². The van der Waals surface area contributed by atoms with Gasteiger partial charge in [0.2, 0.25) is 11.1 Å². The second kappa shape index (κ2) is 15.6. The van der Waals surface area contributed by atoms with Crippen LogP contribution in [0, 0.1) is 40.0 Å². The number of amidine groups is 1. The summed E-state index contributed by atoms with van der Waals surface area (Å²) < 4.78 is 77.6. The average molecular weight is 611 g/mol. The van der Waals surface area contributed by atoms with Crippen molar-refractivity contribution in [2.45, 2.75) is 85.7 Å². The van der Waals surface area contributed by atoms with E-state index >= 15 is 0 Å². The van der Waals surface area contributed by atoms with Gasteiger partial charge in [0, 0.05) is 41.5 Å². The summed E-state index contributed by atoms with van der Waals surface area (Å²) in [6, 6.07) is 7.89. The average Bonchev–Trinajstić information content (AvgIpc) is 2.77. The summed E-state index contributed by atoms with van der Waals surface area (Å²) in [7, 11) is 0. The van der Waals surface area contributed by atoms with Crippen LogP contribution >= 0.6 is 0 Å². The van der Waals surface area contributed by atoms with Crippen LogP contribution in [0.2, 0.25) is 0 Å². The van der Waals surface area contributed by atoms with Gasteiger partial charge in [0.15, 0.2) is 0 Å². The van der Waals surface area contributed by atoms with E-state index in [1.807, 2.05) is 48.5 Å². The number of hydrogen-bond acceptors (Lipinski definition) is 1. The largest absolute Gasteiger partial charge is 2.00 e. The number of hydrogen-bond donors (Lipinski definition) is 0. The van der Waals surface area contributed by atoms with Crippen LogP contribution < -0.4 is 0 Å². The van der Waals surface area contributed by atoms with Crippen molar-refractivity contribution in [2.24, 2.45) is 4.99 Å². The molecule has 0 unspecified atom stereocenters. The summed E-state index contributed by atoms with van der Waals surface area (Å²) in [5.41, 5.74) is 2.14. The zero-order valence-electron chi connectivity index (χ0n) is 23.9. The molecule has 0 amide bonds. The van der Waals surface area contributed by atoms with E-state index in [1.165, 1.54) is 24.3 Å². The first-order valence-electron chi connectivity index (χ1n) is 11.7. The molecular formula is C29H34F6N4Ni. The Morgan fingerprint density at radius 3 is 1.40 bits per heavy atom. The van der Waals surface area contributed by atoms with Gasteiger partial charge in [0.05, 0.1) is 0 Å². The Morgan fingerprint density at radius 1 is 0.750 bits per heavy atom. The number of benzene rings is 2. The molecule has 0 N–H and O–H groups in total. The minimum atomic E-state index is -5.66. The molecule has 0 radical (unpaired) electrons. The SMILES string of the molecule is Cc1cc(C)c([N-]C(=N[C-](C(F)(F)F)C(F)(F)F)c2ccccc2)c(C)c1.[C-]#[N+]C(C)(C)C.[C-]#[N+]C(C)(C)C.[Ni+2]. The van der Waals surface area contributed by atoms with Gasteiger partial charge in [-0.15, -0.1) is 5.56 Å². The molecule has 0 spiro atoms. The van der Waals surface area contributed by atoms with Crippen molar-refractivity contribution in [2.75, 3.05) is 0 Å². The third-order valence-electron chi connectivity index (χ3n) is 4.31. The van der Waals surface area contributed by atoms with E-state index in [0.717, 1.165) is 5.56 Å². The van der Waals surface area contributed by atoms with E-state index < -0.39 is 24.2 Å². The topological polar surface area (TPSA) is 35.2 Å². The zero-order chi connectivity index (χ0) is 30.8. The van der Waals surface area contributed by atoms with Crippen LogP contribution in [0.5, 0.6) is 0 Å². The maximum Gasteiger partial charge on any atom is 2.00 e. The van der Waals surface area contributed by atoms with Gasteiger partial charge in [-0.2, -0.15) is 26.3 Å². The summed E-state index contributed by atoms with van der Waals surface area (Å²) in [6.07, 6.45) is -11.3. The van der Waals surface area contributed by atoms with Gasteiger partial charge in [-0.1, -0.05) is 53.7 Å². The molecule has 0 saturated carbocycles. The minimum absolute atomic E-state index is 0. The van der Waals surface area contributed by atoms with Crippen LogP contribution in [0.4, 0.5) is 32.0 Å². The summed E-state index contributed by atoms with van der Waals surface area (Å²) in [5, 5.41) is 4.07. The van der Waals surface area contributed by atoms with E-state index in [0.29, 0.717) is 11.1 Å². The molecule has 0 saturated heterocycles. The summed E-state index contributed by atoms with van der Waals surface area (Å²) in [6.45, 7) is 29.5. The Morgan fingerprint density at radius 2 is 1.10 bits per heavy atom. The van der Waals surface area contributed by atoms with E-state index in [9.17, 15) is 26.3 Å². The van der Waals surface area contributed by atoms with Crippen LogP contribution in [0.3, 0.4) is 0 Å². The van der Waals surface area contributed by atoms with Gasteiger partial charge in [-0.25, -0.2) is 19.0 Å². The van der Waals surface area contributed by atoms with Gasteiger partial charge >= 0.3 is 28.8 Å². The molecule has 2 aromatic carbocycles. The Kier molecular flexibility index (Phi) is 15.2. The van der Waals surface area contributed by atoms with E-state index in [1.54, 1.807) is 32.0 Å². The number of alkyl halides is 6. The standard InChI is InChI=1S/C19H16F6N2.2C5H9N.Ni/c1-11-9-12(2)15(13(3)10-11)26-16(14-7-5-4-6-8-14)27-17(18(20,21)22)19(23,24)25;2*1-5(2,3)6-4;/h4-10H,1-3H3;2*1-3H3;/q-2;;;+2. The van der Waals surface area contributed by atoms with Crippen LogP contribution in [-0.4, -0.2) is 29.3 Å². The fourth-order valence-electron chi connectivity index (χ4n) is 2.59. The van der Waals surface area contributed by atoms with Crippen molar-refractivity contribution < 1.29 is 42.8 Å². The Hall–Kier alpha value is -3.17. The molecule has 2 aromatic rings. The molecule has 40 heavy (non-hydrogen) atoms. The molecule has 0 heterocycles. The molecule has 4 nitrogen and oxygen atoms in total. The zero-order valence-corrected chi connectivity index (χ0v) is 24.9. The quantitative estimate of drug-likeness (QED) is 0.109. The molecule has 11 heteroatoms. The molecule has 0 aromatic heterocycles. The van der Waals surface area contributed by atoms with Crippen molar-refractivity contribution in [1.82, 2.24) is 0 Å². The van der Waals surface area contributed by atoms with E-state index in [4.69, 9.17) is 13.1 Å². The molecule has 0 bridgehead atoms. The van der Waals surface area contributed by atoms with Crippen molar-refractivity contribution in [3.8, 4) is 0 Å². The van der Waals surface area contributed by atoms with Crippen molar-refractivity contribution in [3.63, 3.8) is 0 Å². The number of halogens is 6. The van der Waals surface area contributed by atoms with Crippen LogP contribution in [0.25, 0.3) is 15.0 Å². The predicted molar refractivity (Wildman–Crippen MR) is 145 cm³/mol. The monoisotopic (exact) mass is 610 g/mol. The molecule has 0 fully saturated rings. The molecule has 0 aliphatic carbocycles. The normalized spacial score (nSPS) is 11.8. The third-order valence-corrected chi connectivity index (χ3v) is 4.31. The van der Waals surface area contributed by atoms with Gasteiger partial charge in [0.1, 0.15) is 0 Å². The first-order valence-corrected chi connectivity index (χ1v) is 11.7. The molecule has 0 aliphatic rings. The Balaban J connectivity index is 0. The van der Waals surface area contributed by atoms with Gasteiger partial charge in [0.25, 0.3) is 0 Å². The number of nitrogens with zero attached hydrogens (tertiary/aromatic N) is 4. The Labute approximate surface area is 243 Å². The first kappa shape index (κ1) is 39.0. The maximum atomic E-state index is 12.9. The molecule has 0 atom stereocenters. The number of aryl methyl sites for hydroxylation is 3. The summed E-state index contributed by atoms with van der Waals surface area (Å²) in [4.78, 5) is 9.45. The fraction of sp³-hybridized carbons (Fsp3) is 0.448. The smallest absolute Gasteiger partial charge is 0.614 e. The van der Waals surface area contributed by atoms with Crippen LogP contribution in [0.1, 0.15) is 63.8 Å². The van der Waals surface area contributed by atoms with Crippen LogP contribution in [0.15, 0.2) is 47.5 Å².